The summed E-state index contributed by atoms with van der Waals surface area (Å²) >= 11 is 0. The Morgan fingerprint density at radius 1 is 0.616 bits per heavy atom. The molecule has 0 amide bonds. The molecule has 0 aromatic heterocycles. The lowest BCUT2D eigenvalue weighted by atomic mass is 9.80. The Hall–Kier alpha value is -3.67. The Morgan fingerprint density at radius 3 is 1.55 bits per heavy atom. The molecule has 8 rings (SSSR count). The third-order valence-electron chi connectivity index (χ3n) is 16.9. The summed E-state index contributed by atoms with van der Waals surface area (Å²) in [6.07, 6.45) is 0.584. The molecule has 0 N–H and O–H groups in total. The summed E-state index contributed by atoms with van der Waals surface area (Å²) in [5.74, 6) is 0.883. The van der Waals surface area contributed by atoms with Gasteiger partial charge in [-0.05, 0) is 67.8 Å². The second kappa shape index (κ2) is 23.7. The Bertz CT molecular complexity index is 2280. The molecular formula is C61H84O10Si2. The summed E-state index contributed by atoms with van der Waals surface area (Å²) in [5, 5.41) is 3.83. The van der Waals surface area contributed by atoms with Crippen LogP contribution in [0.5, 0.6) is 0 Å². The van der Waals surface area contributed by atoms with Crippen LogP contribution in [0.4, 0.5) is 0 Å². The van der Waals surface area contributed by atoms with Gasteiger partial charge in [-0.25, -0.2) is 0 Å². The van der Waals surface area contributed by atoms with Crippen LogP contribution in [-0.4, -0.2) is 110 Å². The van der Waals surface area contributed by atoms with Crippen molar-refractivity contribution in [3.63, 3.8) is 0 Å². The molecule has 4 aliphatic rings. The minimum Gasteiger partial charge on any atom is -0.399 e. The standard InChI is InChI=1S/C61H84O10Si2/c1-12-41(2)37-52-42(3)49(53(67-52)40-54(64-10)65-11)39-43(63)38-44-33-34-50-55(66-44)59(71-73(61(7,8)9,47-29-21-15-22-30-47)48-31-23-16-24-32-48)58-57(68-50)56(51(69-58)35-36-62)70-72(60(4,5)6,45-25-17-13-18-26-45)46-27-19-14-20-28-46/h13-32,36,41-42,44,49-59H,12,33-35,37-40H2,1-11H3/t41-,42-,44-,49?,50+,51-,52-,53+,55+,56+,57+,58-,59+/m1/s1. The van der Waals surface area contributed by atoms with Crippen molar-refractivity contribution >= 4 is 49.5 Å². The van der Waals surface area contributed by atoms with E-state index < -0.39 is 65.7 Å². The van der Waals surface area contributed by atoms with E-state index in [0.29, 0.717) is 31.6 Å². The highest BCUT2D eigenvalue weighted by atomic mass is 28.4. The normalized spacial score (nSPS) is 29.2. The van der Waals surface area contributed by atoms with E-state index in [4.69, 9.17) is 37.3 Å². The zero-order chi connectivity index (χ0) is 52.1. The molecule has 13 atom stereocenters. The van der Waals surface area contributed by atoms with Gasteiger partial charge >= 0.3 is 0 Å². The van der Waals surface area contributed by atoms with Crippen molar-refractivity contribution < 1.29 is 46.9 Å². The van der Waals surface area contributed by atoms with Gasteiger partial charge in [0.1, 0.15) is 42.6 Å². The monoisotopic (exact) mass is 1030 g/mol. The summed E-state index contributed by atoms with van der Waals surface area (Å²) in [7, 11) is -3.16. The maximum atomic E-state index is 14.6. The highest BCUT2D eigenvalue weighted by Gasteiger charge is 2.64. The molecule has 4 aromatic carbocycles. The number of ketones is 1. The fourth-order valence-corrected chi connectivity index (χ4v) is 22.3. The van der Waals surface area contributed by atoms with Gasteiger partial charge < -0.3 is 42.1 Å². The number of methoxy groups -OCH3 is 2. The topological polar surface area (TPSA) is 108 Å². The minimum absolute atomic E-state index is 0.0183. The summed E-state index contributed by atoms with van der Waals surface area (Å²) in [4.78, 5) is 27.5. The first-order valence-corrected chi connectivity index (χ1v) is 31.0. The van der Waals surface area contributed by atoms with Crippen molar-refractivity contribution in [2.75, 3.05) is 14.2 Å². The molecule has 0 radical (unpaired) electrons. The van der Waals surface area contributed by atoms with E-state index in [1.54, 1.807) is 14.2 Å². The van der Waals surface area contributed by atoms with Crippen LogP contribution in [-0.2, 0) is 46.9 Å². The van der Waals surface area contributed by atoms with Gasteiger partial charge in [-0.1, -0.05) is 190 Å². The van der Waals surface area contributed by atoms with Crippen LogP contribution in [0.1, 0.15) is 114 Å². The molecule has 0 aliphatic carbocycles. The molecule has 12 heteroatoms. The molecule has 4 fully saturated rings. The van der Waals surface area contributed by atoms with E-state index in [1.807, 2.05) is 12.1 Å². The largest absolute Gasteiger partial charge is 0.399 e. The number of hydrogen-bond acceptors (Lipinski definition) is 10. The van der Waals surface area contributed by atoms with Crippen LogP contribution in [0, 0.1) is 17.8 Å². The van der Waals surface area contributed by atoms with Crippen LogP contribution in [0.2, 0.25) is 10.1 Å². The summed E-state index contributed by atoms with van der Waals surface area (Å²) in [5.41, 5.74) is 0. The minimum atomic E-state index is -3.27. The Balaban J connectivity index is 1.18. The van der Waals surface area contributed by atoms with Crippen molar-refractivity contribution in [3.8, 4) is 0 Å². The molecule has 4 saturated heterocycles. The Morgan fingerprint density at radius 2 is 1.10 bits per heavy atom. The van der Waals surface area contributed by atoms with E-state index in [2.05, 4.69) is 172 Å². The molecule has 10 nitrogen and oxygen atoms in total. The number of ether oxygens (including phenoxy) is 6. The first-order chi connectivity index (χ1) is 35.0. The smallest absolute Gasteiger partial charge is 0.261 e. The third kappa shape index (κ3) is 11.4. The van der Waals surface area contributed by atoms with Crippen LogP contribution in [0.25, 0.3) is 0 Å². The molecule has 396 valence electrons. The van der Waals surface area contributed by atoms with Crippen LogP contribution >= 0.6 is 0 Å². The van der Waals surface area contributed by atoms with Gasteiger partial charge in [0.15, 0.2) is 6.29 Å². The third-order valence-corrected chi connectivity index (χ3v) is 27.0. The van der Waals surface area contributed by atoms with Crippen molar-refractivity contribution in [2.45, 2.75) is 191 Å². The van der Waals surface area contributed by atoms with Gasteiger partial charge in [0.05, 0.1) is 30.5 Å². The maximum absolute atomic E-state index is 14.6. The number of carbonyl (C=O) groups is 2. The summed E-state index contributed by atoms with van der Waals surface area (Å²) in [6, 6.07) is 42.5. The molecule has 4 heterocycles. The molecule has 73 heavy (non-hydrogen) atoms. The number of fused-ring (bicyclic) bond motifs is 2. The van der Waals surface area contributed by atoms with E-state index in [0.717, 1.165) is 39.9 Å². The van der Waals surface area contributed by atoms with Crippen LogP contribution in [0.15, 0.2) is 121 Å². The van der Waals surface area contributed by atoms with Gasteiger partial charge in [-0.15, -0.1) is 0 Å². The molecule has 1 unspecified atom stereocenters. The molecule has 4 aromatic rings. The zero-order valence-electron chi connectivity index (χ0n) is 45.4. The number of benzene rings is 4. The van der Waals surface area contributed by atoms with Crippen molar-refractivity contribution in [3.05, 3.63) is 121 Å². The lowest BCUT2D eigenvalue weighted by molar-refractivity contribution is -0.254. The van der Waals surface area contributed by atoms with Gasteiger partial charge in [-0.2, -0.15) is 0 Å². The zero-order valence-corrected chi connectivity index (χ0v) is 47.4. The second-order valence-electron chi connectivity index (χ2n) is 23.5. The lowest BCUT2D eigenvalue weighted by Crippen LogP contribution is -2.73. The Labute approximate surface area is 438 Å². The van der Waals surface area contributed by atoms with Gasteiger partial charge in [0.25, 0.3) is 16.6 Å². The van der Waals surface area contributed by atoms with Crippen molar-refractivity contribution in [2.24, 2.45) is 17.8 Å². The number of hydrogen-bond donors (Lipinski definition) is 0. The fraction of sp³-hybridized carbons (Fsp3) is 0.574. The average molecular weight is 1030 g/mol. The highest BCUT2D eigenvalue weighted by molar-refractivity contribution is 7.00. The maximum Gasteiger partial charge on any atom is 0.261 e. The second-order valence-corrected chi connectivity index (χ2v) is 32.0. The van der Waals surface area contributed by atoms with Crippen molar-refractivity contribution in [1.82, 2.24) is 0 Å². The van der Waals surface area contributed by atoms with Crippen molar-refractivity contribution in [1.29, 1.82) is 0 Å². The average Bonchev–Trinajstić information content (AvgIpc) is 3.87. The van der Waals surface area contributed by atoms with Gasteiger partial charge in [0.2, 0.25) is 0 Å². The number of rotatable bonds is 21. The van der Waals surface area contributed by atoms with E-state index >= 15 is 0 Å². The molecule has 0 spiro atoms. The van der Waals surface area contributed by atoms with Crippen LogP contribution < -0.4 is 20.7 Å². The SMILES string of the molecule is CC[C@@H](C)C[C@H]1O[C@@H](CC(OC)OC)C(CC(=O)C[C@H]2CC[C@@H]3O[C@@H]4[C@@H](O[C@H](CC=O)[C@@H]4O[Si](c4ccccc4)(c4ccccc4)C(C)(C)C)[C@@H](O[Si](c4ccccc4)(c4ccccc4)C(C)(C)C)[C@H]3O2)[C@H]1C. The van der Waals surface area contributed by atoms with E-state index in [1.165, 1.54) is 0 Å². The first kappa shape index (κ1) is 55.6. The lowest BCUT2D eigenvalue weighted by Gasteiger charge is -2.53. The van der Waals surface area contributed by atoms with E-state index in [-0.39, 0.29) is 58.8 Å². The van der Waals surface area contributed by atoms with Gasteiger partial charge in [-0.3, -0.25) is 4.79 Å². The Kier molecular flexibility index (Phi) is 18.0. The number of aldehydes is 1. The molecular weight excluding hydrogens is 949 g/mol. The summed E-state index contributed by atoms with van der Waals surface area (Å²) in [6.45, 7) is 20.4. The number of carbonyl (C=O) groups excluding carboxylic acids is 2. The van der Waals surface area contributed by atoms with Crippen LogP contribution in [0.3, 0.4) is 0 Å². The van der Waals surface area contributed by atoms with E-state index in [9.17, 15) is 9.59 Å². The molecule has 0 saturated carbocycles. The fourth-order valence-electron chi connectivity index (χ4n) is 12.9. The van der Waals surface area contributed by atoms with Gasteiger partial charge in [0, 0.05) is 39.9 Å². The predicted octanol–water partition coefficient (Wildman–Crippen LogP) is 9.36. The quantitative estimate of drug-likeness (QED) is 0.0456. The number of Topliss-reactive ketones (excluding diaryl/α,β-unsaturated/α-hetero) is 1. The predicted molar refractivity (Wildman–Crippen MR) is 293 cm³/mol. The summed E-state index contributed by atoms with van der Waals surface area (Å²) < 4.78 is 56.3. The highest BCUT2D eigenvalue weighted by Crippen LogP contribution is 2.49. The molecule has 4 aliphatic heterocycles. The first-order valence-electron chi connectivity index (χ1n) is 27.2. The molecule has 0 bridgehead atoms.